The zero-order valence-electron chi connectivity index (χ0n) is 14.5. The maximum atomic E-state index is 12.8. The highest BCUT2D eigenvalue weighted by Gasteiger charge is 2.52. The number of hydrogen-bond acceptors (Lipinski definition) is 4. The van der Waals surface area contributed by atoms with Crippen LogP contribution in [0.15, 0.2) is 24.4 Å². The number of H-pyrrole nitrogens is 1. The van der Waals surface area contributed by atoms with Crippen LogP contribution >= 0.6 is 0 Å². The molecule has 136 valence electrons. The normalized spacial score (nSPS) is 25.7. The van der Waals surface area contributed by atoms with Crippen molar-refractivity contribution in [3.8, 4) is 0 Å². The van der Waals surface area contributed by atoms with Crippen molar-refractivity contribution in [1.29, 1.82) is 0 Å². The number of nitrogens with one attached hydrogen (secondary N) is 3. The van der Waals surface area contributed by atoms with Crippen LogP contribution in [0.25, 0.3) is 10.9 Å². The molecule has 0 bridgehead atoms. The van der Waals surface area contributed by atoms with Crippen LogP contribution < -0.4 is 10.6 Å². The minimum absolute atomic E-state index is 0.283. The monoisotopic (exact) mass is 355 g/mol. The van der Waals surface area contributed by atoms with Gasteiger partial charge in [0.15, 0.2) is 0 Å². The van der Waals surface area contributed by atoms with Gasteiger partial charge >= 0.3 is 6.03 Å². The molecule has 8 nitrogen and oxygen atoms in total. The lowest BCUT2D eigenvalue weighted by molar-refractivity contribution is -0.135. The van der Waals surface area contributed by atoms with Gasteiger partial charge in [0.25, 0.3) is 5.91 Å². The Kier molecular flexibility index (Phi) is 3.90. The van der Waals surface area contributed by atoms with Crippen LogP contribution in [-0.2, 0) is 9.59 Å². The van der Waals surface area contributed by atoms with E-state index in [-0.39, 0.29) is 12.5 Å². The Labute approximate surface area is 150 Å². The summed E-state index contributed by atoms with van der Waals surface area (Å²) in [5, 5.41) is 13.2. The van der Waals surface area contributed by atoms with Crippen LogP contribution in [0.1, 0.15) is 32.6 Å². The molecule has 0 radical (unpaired) electrons. The lowest BCUT2D eigenvalue weighted by Gasteiger charge is -2.33. The van der Waals surface area contributed by atoms with Crippen molar-refractivity contribution >= 4 is 34.4 Å². The van der Waals surface area contributed by atoms with Gasteiger partial charge in [0.1, 0.15) is 12.1 Å². The van der Waals surface area contributed by atoms with E-state index in [4.69, 9.17) is 0 Å². The molecule has 1 aromatic carbocycles. The molecule has 1 saturated carbocycles. The quantitative estimate of drug-likeness (QED) is 0.732. The Morgan fingerprint density at radius 2 is 2.12 bits per heavy atom. The molecule has 2 heterocycles. The molecule has 1 aliphatic heterocycles. The summed E-state index contributed by atoms with van der Waals surface area (Å²) in [5.41, 5.74) is 0.641. The van der Waals surface area contributed by atoms with Gasteiger partial charge in [0.2, 0.25) is 5.91 Å². The Morgan fingerprint density at radius 3 is 2.88 bits per heavy atom. The lowest BCUT2D eigenvalue weighted by atomic mass is 9.77. The topological polar surface area (TPSA) is 107 Å². The highest BCUT2D eigenvalue weighted by atomic mass is 16.2. The van der Waals surface area contributed by atoms with Crippen LogP contribution in [-0.4, -0.2) is 45.0 Å². The van der Waals surface area contributed by atoms with E-state index in [9.17, 15) is 14.4 Å². The summed E-state index contributed by atoms with van der Waals surface area (Å²) >= 11 is 0. The van der Waals surface area contributed by atoms with Gasteiger partial charge in [-0.3, -0.25) is 19.6 Å². The van der Waals surface area contributed by atoms with Crippen molar-refractivity contribution in [2.45, 2.75) is 38.1 Å². The molecule has 0 atom stereocenters. The maximum Gasteiger partial charge on any atom is 0.325 e. The SMILES string of the molecule is CC1CCC2(CC1)NC(=O)N(CC(=O)Nc1ccc3[nH]ncc3c1)C2=O. The van der Waals surface area contributed by atoms with Gasteiger partial charge in [0.05, 0.1) is 11.7 Å². The Hall–Kier alpha value is -2.90. The Morgan fingerprint density at radius 1 is 1.35 bits per heavy atom. The smallest absolute Gasteiger partial charge is 0.325 e. The molecule has 4 rings (SSSR count). The van der Waals surface area contributed by atoms with Crippen molar-refractivity contribution < 1.29 is 14.4 Å². The van der Waals surface area contributed by atoms with E-state index < -0.39 is 17.5 Å². The standard InChI is InChI=1S/C18H21N5O3/c1-11-4-6-18(7-5-11)16(25)23(17(26)21-18)10-15(24)20-13-2-3-14-12(8-13)9-19-22-14/h2-3,8-9,11H,4-7,10H2,1H3,(H,19,22)(H,20,24)(H,21,26). The third-order valence-electron chi connectivity index (χ3n) is 5.40. The number of fused-ring (bicyclic) bond motifs is 1. The van der Waals surface area contributed by atoms with Crippen molar-refractivity contribution in [3.63, 3.8) is 0 Å². The predicted octanol–water partition coefficient (Wildman–Crippen LogP) is 2.00. The third-order valence-corrected chi connectivity index (χ3v) is 5.40. The molecule has 3 N–H and O–H groups in total. The second-order valence-electron chi connectivity index (χ2n) is 7.31. The van der Waals surface area contributed by atoms with Crippen LogP contribution in [0.2, 0.25) is 0 Å². The maximum absolute atomic E-state index is 12.8. The van der Waals surface area contributed by atoms with Crippen molar-refractivity contribution in [2.24, 2.45) is 5.92 Å². The number of nitrogens with zero attached hydrogens (tertiary/aromatic N) is 2. The molecule has 1 spiro atoms. The van der Waals surface area contributed by atoms with E-state index >= 15 is 0 Å². The number of rotatable bonds is 3. The van der Waals surface area contributed by atoms with Gasteiger partial charge in [0, 0.05) is 11.1 Å². The molecule has 1 aliphatic carbocycles. The largest absolute Gasteiger partial charge is 0.325 e. The predicted molar refractivity (Wildman–Crippen MR) is 95.3 cm³/mol. The average molecular weight is 355 g/mol. The minimum atomic E-state index is -0.820. The van der Waals surface area contributed by atoms with Gasteiger partial charge in [-0.2, -0.15) is 5.10 Å². The first kappa shape index (κ1) is 16.6. The van der Waals surface area contributed by atoms with E-state index in [1.54, 1.807) is 18.3 Å². The van der Waals surface area contributed by atoms with E-state index in [1.165, 1.54) is 0 Å². The van der Waals surface area contributed by atoms with E-state index in [1.807, 2.05) is 6.07 Å². The fraction of sp³-hybridized carbons (Fsp3) is 0.444. The summed E-state index contributed by atoms with van der Waals surface area (Å²) in [7, 11) is 0. The van der Waals surface area contributed by atoms with Crippen molar-refractivity contribution in [2.75, 3.05) is 11.9 Å². The summed E-state index contributed by atoms with van der Waals surface area (Å²) in [4.78, 5) is 38.4. The lowest BCUT2D eigenvalue weighted by Crippen LogP contribution is -2.49. The van der Waals surface area contributed by atoms with E-state index in [2.05, 4.69) is 27.8 Å². The summed E-state index contributed by atoms with van der Waals surface area (Å²) < 4.78 is 0. The second-order valence-corrected chi connectivity index (χ2v) is 7.31. The van der Waals surface area contributed by atoms with Crippen LogP contribution in [0.5, 0.6) is 0 Å². The number of amides is 4. The number of aromatic amines is 1. The molecule has 8 heteroatoms. The first-order valence-corrected chi connectivity index (χ1v) is 8.84. The van der Waals surface area contributed by atoms with Gasteiger partial charge in [-0.25, -0.2) is 4.79 Å². The number of carbonyl (C=O) groups is 3. The van der Waals surface area contributed by atoms with Crippen LogP contribution in [0, 0.1) is 5.92 Å². The van der Waals surface area contributed by atoms with Crippen molar-refractivity contribution in [1.82, 2.24) is 20.4 Å². The molecule has 0 unspecified atom stereocenters. The minimum Gasteiger partial charge on any atom is -0.325 e. The number of imide groups is 1. The van der Waals surface area contributed by atoms with E-state index in [0.717, 1.165) is 28.6 Å². The second kappa shape index (κ2) is 6.12. The highest BCUT2D eigenvalue weighted by Crippen LogP contribution is 2.36. The van der Waals surface area contributed by atoms with Crippen molar-refractivity contribution in [3.05, 3.63) is 24.4 Å². The fourth-order valence-electron chi connectivity index (χ4n) is 3.78. The van der Waals surface area contributed by atoms with E-state index in [0.29, 0.717) is 24.4 Å². The molecule has 4 amide bonds. The first-order valence-electron chi connectivity index (χ1n) is 8.84. The number of carbonyl (C=O) groups excluding carboxylic acids is 3. The summed E-state index contributed by atoms with van der Waals surface area (Å²) in [6.07, 6.45) is 4.73. The average Bonchev–Trinajstić information content (AvgIpc) is 3.16. The third kappa shape index (κ3) is 2.81. The van der Waals surface area contributed by atoms with Crippen LogP contribution in [0.4, 0.5) is 10.5 Å². The summed E-state index contributed by atoms with van der Waals surface area (Å²) in [6.45, 7) is 1.86. The summed E-state index contributed by atoms with van der Waals surface area (Å²) in [6, 6.07) is 4.86. The number of aromatic nitrogens is 2. The Balaban J connectivity index is 1.43. The first-order chi connectivity index (χ1) is 12.5. The molecule has 2 aromatic rings. The molecule has 2 fully saturated rings. The number of urea groups is 1. The molecule has 26 heavy (non-hydrogen) atoms. The van der Waals surface area contributed by atoms with Gasteiger partial charge in [-0.1, -0.05) is 6.92 Å². The van der Waals surface area contributed by atoms with Gasteiger partial charge in [-0.15, -0.1) is 0 Å². The van der Waals surface area contributed by atoms with Crippen LogP contribution in [0.3, 0.4) is 0 Å². The van der Waals surface area contributed by atoms with Gasteiger partial charge in [-0.05, 0) is 49.8 Å². The number of anilines is 1. The molecule has 1 saturated heterocycles. The zero-order valence-corrected chi connectivity index (χ0v) is 14.5. The molecule has 1 aromatic heterocycles. The van der Waals surface area contributed by atoms with Gasteiger partial charge < -0.3 is 10.6 Å². The number of benzene rings is 1. The molecule has 2 aliphatic rings. The highest BCUT2D eigenvalue weighted by molar-refractivity contribution is 6.10. The fourth-order valence-corrected chi connectivity index (χ4v) is 3.78. The molecular formula is C18H21N5O3. The zero-order chi connectivity index (χ0) is 18.3. The molecular weight excluding hydrogens is 334 g/mol. The summed E-state index contributed by atoms with van der Waals surface area (Å²) in [5.74, 6) is -0.132. The Bertz CT molecular complexity index is 882. The number of hydrogen-bond donors (Lipinski definition) is 3.